The average molecular weight is 826 g/mol. The summed E-state index contributed by atoms with van der Waals surface area (Å²) in [6.07, 6.45) is 1.06. The number of aryl methyl sites for hydroxylation is 1. The van der Waals surface area contributed by atoms with Crippen LogP contribution in [0.15, 0.2) is 79.4 Å². The molecule has 0 bridgehead atoms. The molecule has 4 aromatic carbocycles. The molecule has 0 aliphatic carbocycles. The first-order valence-electron chi connectivity index (χ1n) is 19.7. The Balaban J connectivity index is 0.000000534. The van der Waals surface area contributed by atoms with Crippen molar-refractivity contribution in [3.8, 4) is 23.0 Å². The molecule has 12 heteroatoms. The first kappa shape index (κ1) is 47.8. The smallest absolute Gasteiger partial charge is 0.286 e. The highest BCUT2D eigenvalue weighted by Gasteiger charge is 2.37. The lowest BCUT2D eigenvalue weighted by Gasteiger charge is -2.38. The normalized spacial score (nSPS) is 16.3. The van der Waals surface area contributed by atoms with Crippen LogP contribution in [0.1, 0.15) is 80.2 Å². The number of fused-ring (bicyclic) bond motifs is 2. The minimum Gasteiger partial charge on any atom is -0.507 e. The van der Waals surface area contributed by atoms with Crippen molar-refractivity contribution in [2.75, 3.05) is 13.7 Å². The van der Waals surface area contributed by atoms with Gasteiger partial charge in [-0.1, -0.05) is 88.5 Å². The molecule has 0 radical (unpaired) electrons. The standard InChI is InChI=1S/C34H35N3O6S.C8H10O.2C2H6.CH2O/c1-18-15-34(5,43-31-20(3)19(2)30(38)21(4)29(18)31)17-42-24-11-12-25-26(14-24)37(6)28(35-25)16-41-23-9-7-22(8-10-23)13-27-32(39)36-33(40)44-27;1-9-7-8-5-3-2-4-6-8;3*1-2/h7-12,14,27,38H,1,13,15-17H2,2-6H3,(H,36,39,40);2-6H,7H2,1H3;2*1-2H3;1H2. The van der Waals surface area contributed by atoms with Crippen molar-refractivity contribution in [3.63, 3.8) is 0 Å². The van der Waals surface area contributed by atoms with Crippen LogP contribution in [0.2, 0.25) is 0 Å². The molecule has 2 atom stereocenters. The van der Waals surface area contributed by atoms with Gasteiger partial charge in [0.25, 0.3) is 5.24 Å². The molecule has 2 N–H and O–H groups in total. The summed E-state index contributed by atoms with van der Waals surface area (Å²) in [6.45, 7) is 23.4. The Bertz CT molecular complexity index is 2190. The van der Waals surface area contributed by atoms with Gasteiger partial charge in [-0.3, -0.25) is 14.9 Å². The van der Waals surface area contributed by atoms with Gasteiger partial charge >= 0.3 is 0 Å². The number of thioether (sulfide) groups is 1. The van der Waals surface area contributed by atoms with Gasteiger partial charge in [0.2, 0.25) is 5.91 Å². The number of aromatic hydroxyl groups is 1. The van der Waals surface area contributed by atoms with Crippen LogP contribution in [0, 0.1) is 20.8 Å². The van der Waals surface area contributed by atoms with Crippen LogP contribution >= 0.6 is 11.8 Å². The lowest BCUT2D eigenvalue weighted by molar-refractivity contribution is -0.119. The molecule has 59 heavy (non-hydrogen) atoms. The van der Waals surface area contributed by atoms with E-state index in [1.807, 2.05) is 147 Å². The van der Waals surface area contributed by atoms with Crippen molar-refractivity contribution >= 4 is 46.3 Å². The van der Waals surface area contributed by atoms with Gasteiger partial charge in [0, 0.05) is 37.8 Å². The number of phenols is 1. The van der Waals surface area contributed by atoms with E-state index in [1.165, 1.54) is 5.56 Å². The van der Waals surface area contributed by atoms with E-state index in [2.05, 4.69) is 11.9 Å². The van der Waals surface area contributed by atoms with Gasteiger partial charge < -0.3 is 33.4 Å². The minimum absolute atomic E-state index is 0.244. The van der Waals surface area contributed by atoms with Crippen molar-refractivity contribution in [1.82, 2.24) is 14.9 Å². The van der Waals surface area contributed by atoms with E-state index in [9.17, 15) is 14.7 Å². The third kappa shape index (κ3) is 12.0. The second kappa shape index (κ2) is 22.5. The summed E-state index contributed by atoms with van der Waals surface area (Å²) >= 11 is 1.03. The van der Waals surface area contributed by atoms with E-state index in [1.54, 1.807) is 7.11 Å². The quantitative estimate of drug-likeness (QED) is 0.140. The maximum atomic E-state index is 11.8. The highest BCUT2D eigenvalue weighted by molar-refractivity contribution is 8.15. The van der Waals surface area contributed by atoms with Crippen molar-refractivity contribution in [1.29, 1.82) is 0 Å². The summed E-state index contributed by atoms with van der Waals surface area (Å²) in [5.41, 5.74) is 7.63. The van der Waals surface area contributed by atoms with E-state index >= 15 is 0 Å². The van der Waals surface area contributed by atoms with E-state index in [-0.39, 0.29) is 17.8 Å². The zero-order valence-electron chi connectivity index (χ0n) is 36.1. The number of imidazole rings is 1. The van der Waals surface area contributed by atoms with Gasteiger partial charge in [-0.15, -0.1) is 0 Å². The number of imide groups is 1. The Kier molecular flexibility index (Phi) is 18.2. The summed E-state index contributed by atoms with van der Waals surface area (Å²) in [4.78, 5) is 36.0. The molecule has 1 aromatic heterocycles. The largest absolute Gasteiger partial charge is 0.507 e. The third-order valence-electron chi connectivity index (χ3n) is 9.63. The van der Waals surface area contributed by atoms with Gasteiger partial charge in [0.1, 0.15) is 54.4 Å². The molecular formula is C47H59N3O8S. The SMILES string of the molecule is C=C1CC(C)(COc2ccc3nc(COc4ccc(CC5SC(=O)NC5=O)cc4)n(C)c3c2)Oc2c(C)c(C)c(O)c(C)c21.C=O.CC.CC.COCc1ccccc1. The first-order valence-corrected chi connectivity index (χ1v) is 20.6. The van der Waals surface area contributed by atoms with E-state index < -0.39 is 10.9 Å². The number of ether oxygens (including phenoxy) is 4. The number of hydrogen-bond donors (Lipinski definition) is 2. The van der Waals surface area contributed by atoms with E-state index in [4.69, 9.17) is 28.7 Å². The minimum atomic E-state index is -0.625. The number of benzene rings is 4. The molecule has 0 spiro atoms. The van der Waals surface area contributed by atoms with Crippen LogP contribution in [0.5, 0.6) is 23.0 Å². The zero-order chi connectivity index (χ0) is 43.9. The van der Waals surface area contributed by atoms with Crippen LogP contribution in [0.25, 0.3) is 16.6 Å². The average Bonchev–Trinajstić information content (AvgIpc) is 3.75. The van der Waals surface area contributed by atoms with Gasteiger partial charge in [-0.2, -0.15) is 0 Å². The number of rotatable bonds is 10. The van der Waals surface area contributed by atoms with Gasteiger partial charge in [0.05, 0.1) is 22.9 Å². The molecule has 5 aromatic rings. The molecule has 1 fully saturated rings. The van der Waals surface area contributed by atoms with Crippen LogP contribution in [0.3, 0.4) is 0 Å². The van der Waals surface area contributed by atoms with Gasteiger partial charge in [-0.05, 0) is 86.2 Å². The second-order valence-electron chi connectivity index (χ2n) is 13.7. The highest BCUT2D eigenvalue weighted by atomic mass is 32.2. The Hall–Kier alpha value is -5.59. The number of aromatic nitrogens is 2. The first-order chi connectivity index (χ1) is 28.4. The molecule has 1 saturated heterocycles. The number of amides is 2. The number of carbonyl (C=O) groups excluding carboxylic acids is 3. The van der Waals surface area contributed by atoms with Gasteiger partial charge in [0.15, 0.2) is 0 Å². The molecule has 316 valence electrons. The number of phenolic OH excluding ortho intramolecular Hbond substituents is 1. The monoisotopic (exact) mass is 825 g/mol. The Labute approximate surface area is 353 Å². The zero-order valence-corrected chi connectivity index (χ0v) is 36.9. The summed E-state index contributed by atoms with van der Waals surface area (Å²) in [7, 11) is 3.65. The number of carbonyl (C=O) groups is 3. The lowest BCUT2D eigenvalue weighted by Crippen LogP contribution is -2.42. The van der Waals surface area contributed by atoms with Crippen molar-refractivity contribution in [2.24, 2.45) is 7.05 Å². The third-order valence-corrected chi connectivity index (χ3v) is 10.6. The molecule has 2 aliphatic heterocycles. The van der Waals surface area contributed by atoms with E-state index in [0.717, 1.165) is 67.8 Å². The highest BCUT2D eigenvalue weighted by Crippen LogP contribution is 2.47. The summed E-state index contributed by atoms with van der Waals surface area (Å²) in [5, 5.41) is 12.2. The summed E-state index contributed by atoms with van der Waals surface area (Å²) in [6, 6.07) is 23.4. The molecular weight excluding hydrogens is 767 g/mol. The molecule has 2 amide bonds. The van der Waals surface area contributed by atoms with Gasteiger partial charge in [-0.25, -0.2) is 4.98 Å². The van der Waals surface area contributed by atoms with Crippen LogP contribution in [-0.2, 0) is 41.0 Å². The van der Waals surface area contributed by atoms with Crippen LogP contribution in [0.4, 0.5) is 4.79 Å². The number of hydrogen-bond acceptors (Lipinski definition) is 10. The Morgan fingerprint density at radius 1 is 0.898 bits per heavy atom. The topological polar surface area (TPSA) is 138 Å². The fourth-order valence-electron chi connectivity index (χ4n) is 6.59. The molecule has 3 heterocycles. The van der Waals surface area contributed by atoms with Crippen molar-refractivity contribution in [2.45, 2.75) is 92.3 Å². The predicted octanol–water partition coefficient (Wildman–Crippen LogP) is 10.0. The number of nitrogens with one attached hydrogen (secondary N) is 1. The Morgan fingerprint density at radius 3 is 2.15 bits per heavy atom. The van der Waals surface area contributed by atoms with Crippen molar-refractivity contribution in [3.05, 3.63) is 119 Å². The molecule has 11 nitrogen and oxygen atoms in total. The molecule has 2 aliphatic rings. The van der Waals surface area contributed by atoms with Crippen LogP contribution in [-0.4, -0.2) is 57.2 Å². The van der Waals surface area contributed by atoms with E-state index in [0.29, 0.717) is 43.3 Å². The molecule has 0 saturated carbocycles. The molecule has 7 rings (SSSR count). The predicted molar refractivity (Wildman–Crippen MR) is 238 cm³/mol. The maximum Gasteiger partial charge on any atom is 0.286 e. The summed E-state index contributed by atoms with van der Waals surface area (Å²) < 4.78 is 25.7. The number of nitrogens with zero attached hydrogens (tertiary/aromatic N) is 2. The second-order valence-corrected chi connectivity index (χ2v) is 14.9. The van der Waals surface area contributed by atoms with Crippen molar-refractivity contribution < 1.29 is 38.4 Å². The maximum absolute atomic E-state index is 11.8. The fraction of sp³-hybridized carbons (Fsp3) is 0.362. The number of methoxy groups -OCH3 is 1. The Morgan fingerprint density at radius 2 is 1.54 bits per heavy atom. The molecule has 2 unspecified atom stereocenters. The fourth-order valence-corrected chi connectivity index (χ4v) is 7.45. The lowest BCUT2D eigenvalue weighted by atomic mass is 9.84. The van der Waals surface area contributed by atoms with Crippen LogP contribution < -0.4 is 19.5 Å². The summed E-state index contributed by atoms with van der Waals surface area (Å²) in [5.74, 6) is 2.96.